The Labute approximate surface area is 193 Å². The van der Waals surface area contributed by atoms with Crippen LogP contribution in [0.25, 0.3) is 0 Å². The minimum Gasteiger partial charge on any atom is -0.379 e. The van der Waals surface area contributed by atoms with Crippen LogP contribution < -0.4 is 0 Å². The quantitative estimate of drug-likeness (QED) is 0.284. The second-order valence-electron chi connectivity index (χ2n) is 7.44. The maximum atomic E-state index is 14.1. The van der Waals surface area contributed by atoms with Crippen LogP contribution in [0.15, 0.2) is 0 Å². The van der Waals surface area contributed by atoms with Crippen molar-refractivity contribution >= 4 is 0 Å². The Bertz CT molecular complexity index is 785. The first-order valence-electron chi connectivity index (χ1n) is 8.56. The summed E-state index contributed by atoms with van der Waals surface area (Å²) in [5.74, 6) is -23.6. The molecule has 2 nitrogen and oxygen atoms in total. The van der Waals surface area contributed by atoms with E-state index >= 15 is 0 Å². The monoisotopic (exact) mass is 626 g/mol. The molecule has 0 fully saturated rings. The highest BCUT2D eigenvalue weighted by atomic mass is 19.5. The highest BCUT2D eigenvalue weighted by Crippen LogP contribution is 2.62. The van der Waals surface area contributed by atoms with Gasteiger partial charge in [-0.25, -0.2) is 4.39 Å². The summed E-state index contributed by atoms with van der Waals surface area (Å²) < 4.78 is 285. The summed E-state index contributed by atoms with van der Waals surface area (Å²) >= 11 is 0. The summed E-state index contributed by atoms with van der Waals surface area (Å²) in [4.78, 5) is 0. The molecule has 0 saturated carbocycles. The standard InChI is InChI=1S/C14H8F22O2/c15-6(10(22,23)24,11(25,26)27)4(37,7(16,17)12(28,29)30)2-1-3-5(38,8(18,19)13(31,32)33)9(20,21)14(34,35)36/h37-38H,1-3H2. The van der Waals surface area contributed by atoms with Gasteiger partial charge in [0.25, 0.3) is 0 Å². The fraction of sp³-hybridized carbons (Fsp3) is 1.00. The molecule has 0 aromatic heterocycles. The zero-order chi connectivity index (χ0) is 31.6. The van der Waals surface area contributed by atoms with E-state index in [0.717, 1.165) is 0 Å². The van der Waals surface area contributed by atoms with Crippen molar-refractivity contribution in [1.82, 2.24) is 0 Å². The van der Waals surface area contributed by atoms with Gasteiger partial charge in [-0.05, 0) is 19.3 Å². The van der Waals surface area contributed by atoms with Gasteiger partial charge in [-0.15, -0.1) is 0 Å². The van der Waals surface area contributed by atoms with Crippen LogP contribution in [0.5, 0.6) is 0 Å². The Morgan fingerprint density at radius 1 is 0.316 bits per heavy atom. The highest BCUT2D eigenvalue weighted by Gasteiger charge is 2.91. The van der Waals surface area contributed by atoms with Gasteiger partial charge in [-0.1, -0.05) is 0 Å². The average molecular weight is 626 g/mol. The molecular weight excluding hydrogens is 618 g/mol. The molecule has 0 aromatic carbocycles. The molecule has 0 heterocycles. The molecule has 1 unspecified atom stereocenters. The Morgan fingerprint density at radius 2 is 0.526 bits per heavy atom. The molecule has 1 atom stereocenters. The SMILES string of the molecule is OC(CCCC(O)(C(F)(F)C(F)(F)F)C(F)(C(F)(F)F)C(F)(F)F)(C(F)(F)C(F)(F)F)C(F)(F)C(F)(F)F. The number of rotatable bonds is 8. The zero-order valence-corrected chi connectivity index (χ0v) is 16.8. The summed E-state index contributed by atoms with van der Waals surface area (Å²) in [5, 5.41) is 18.3. The number of alkyl halides is 22. The fourth-order valence-electron chi connectivity index (χ4n) is 2.99. The molecule has 0 aliphatic carbocycles. The maximum Gasteiger partial charge on any atom is 0.456 e. The van der Waals surface area contributed by atoms with Crippen LogP contribution in [-0.4, -0.2) is 75.7 Å². The molecule has 230 valence electrons. The van der Waals surface area contributed by atoms with Crippen LogP contribution >= 0.6 is 0 Å². The fourth-order valence-corrected chi connectivity index (χ4v) is 2.99. The third-order valence-electron chi connectivity index (χ3n) is 5.05. The van der Waals surface area contributed by atoms with Gasteiger partial charge in [0.1, 0.15) is 0 Å². The summed E-state index contributed by atoms with van der Waals surface area (Å²) in [5.41, 5.74) is -22.7. The predicted molar refractivity (Wildman–Crippen MR) is 72.7 cm³/mol. The first kappa shape index (κ1) is 36.4. The lowest BCUT2D eigenvalue weighted by Gasteiger charge is -2.47. The molecular formula is C14H8F22O2. The first-order chi connectivity index (χ1) is 16.0. The molecule has 0 radical (unpaired) electrons. The van der Waals surface area contributed by atoms with Gasteiger partial charge in [0, 0.05) is 0 Å². The van der Waals surface area contributed by atoms with E-state index in [4.69, 9.17) is 5.11 Å². The Balaban J connectivity index is 7.24. The van der Waals surface area contributed by atoms with Crippen molar-refractivity contribution in [2.75, 3.05) is 0 Å². The van der Waals surface area contributed by atoms with Crippen LogP contribution in [0.4, 0.5) is 96.6 Å². The molecule has 0 saturated heterocycles. The Hall–Kier alpha value is -1.62. The van der Waals surface area contributed by atoms with E-state index in [-0.39, 0.29) is 0 Å². The van der Waals surface area contributed by atoms with Crippen LogP contribution in [0, 0.1) is 0 Å². The van der Waals surface area contributed by atoms with Gasteiger partial charge in [0.05, 0.1) is 0 Å². The van der Waals surface area contributed by atoms with Gasteiger partial charge in [-0.2, -0.15) is 92.2 Å². The molecule has 0 spiro atoms. The molecule has 24 heteroatoms. The van der Waals surface area contributed by atoms with Crippen LogP contribution in [0.2, 0.25) is 0 Å². The topological polar surface area (TPSA) is 40.5 Å². The summed E-state index contributed by atoms with van der Waals surface area (Å²) in [6.45, 7) is 0. The van der Waals surface area contributed by atoms with Gasteiger partial charge >= 0.3 is 54.3 Å². The molecule has 38 heavy (non-hydrogen) atoms. The van der Waals surface area contributed by atoms with Crippen molar-refractivity contribution in [3.8, 4) is 0 Å². The van der Waals surface area contributed by atoms with Crippen LogP contribution in [0.1, 0.15) is 19.3 Å². The smallest absolute Gasteiger partial charge is 0.379 e. The Morgan fingerprint density at radius 3 is 0.737 bits per heavy atom. The molecule has 0 rings (SSSR count). The van der Waals surface area contributed by atoms with E-state index in [0.29, 0.717) is 0 Å². The lowest BCUT2D eigenvalue weighted by molar-refractivity contribution is -0.445. The van der Waals surface area contributed by atoms with E-state index < -0.39 is 84.8 Å². The number of hydrogen-bond acceptors (Lipinski definition) is 2. The van der Waals surface area contributed by atoms with Crippen molar-refractivity contribution in [2.24, 2.45) is 0 Å². The molecule has 0 aliphatic heterocycles. The predicted octanol–water partition coefficient (Wildman–Crippen LogP) is 7.04. The van der Waals surface area contributed by atoms with E-state index in [1.165, 1.54) is 0 Å². The molecule has 2 N–H and O–H groups in total. The zero-order valence-electron chi connectivity index (χ0n) is 16.8. The minimum absolute atomic E-state index is 3.42. The normalized spacial score (nSPS) is 18.0. The third-order valence-corrected chi connectivity index (χ3v) is 5.05. The first-order valence-corrected chi connectivity index (χ1v) is 8.56. The molecule has 0 bridgehead atoms. The average Bonchev–Trinajstić information content (AvgIpc) is 2.61. The van der Waals surface area contributed by atoms with Crippen molar-refractivity contribution in [2.45, 2.75) is 84.8 Å². The van der Waals surface area contributed by atoms with Crippen molar-refractivity contribution < 1.29 is 107 Å². The molecule has 0 aromatic rings. The third kappa shape index (κ3) is 5.02. The summed E-state index contributed by atoms with van der Waals surface area (Å²) in [7, 11) is 0. The van der Waals surface area contributed by atoms with Crippen LogP contribution in [0.3, 0.4) is 0 Å². The lowest BCUT2D eigenvalue weighted by Crippen LogP contribution is -2.76. The van der Waals surface area contributed by atoms with Gasteiger partial charge in [-0.3, -0.25) is 0 Å². The van der Waals surface area contributed by atoms with E-state index in [2.05, 4.69) is 0 Å². The van der Waals surface area contributed by atoms with Gasteiger partial charge in [0.2, 0.25) is 5.60 Å². The number of halogens is 22. The van der Waals surface area contributed by atoms with Crippen LogP contribution in [-0.2, 0) is 0 Å². The van der Waals surface area contributed by atoms with Crippen molar-refractivity contribution in [3.63, 3.8) is 0 Å². The van der Waals surface area contributed by atoms with Crippen molar-refractivity contribution in [1.29, 1.82) is 0 Å². The second kappa shape index (κ2) is 9.21. The number of hydrogen-bond donors (Lipinski definition) is 2. The summed E-state index contributed by atoms with van der Waals surface area (Å²) in [6.07, 6.45) is -50.7. The second-order valence-corrected chi connectivity index (χ2v) is 7.44. The molecule has 0 aliphatic rings. The van der Waals surface area contributed by atoms with Gasteiger partial charge < -0.3 is 10.2 Å². The minimum atomic E-state index is -8.19. The van der Waals surface area contributed by atoms with Gasteiger partial charge in [0.15, 0.2) is 5.60 Å². The molecule has 0 amide bonds. The number of aliphatic hydroxyl groups is 2. The highest BCUT2D eigenvalue weighted by molar-refractivity contribution is 5.18. The lowest BCUT2D eigenvalue weighted by atomic mass is 9.72. The van der Waals surface area contributed by atoms with E-state index in [1.54, 1.807) is 0 Å². The maximum absolute atomic E-state index is 14.1. The largest absolute Gasteiger partial charge is 0.456 e. The summed E-state index contributed by atoms with van der Waals surface area (Å²) in [6, 6.07) is 0. The van der Waals surface area contributed by atoms with E-state index in [1.807, 2.05) is 0 Å². The van der Waals surface area contributed by atoms with Crippen molar-refractivity contribution in [3.05, 3.63) is 0 Å². The Kier molecular flexibility index (Phi) is 8.82. The van der Waals surface area contributed by atoms with E-state index in [9.17, 15) is 102 Å².